The van der Waals surface area contributed by atoms with Gasteiger partial charge in [0.1, 0.15) is 12.1 Å². The van der Waals surface area contributed by atoms with Gasteiger partial charge in [-0.1, -0.05) is 18.2 Å². The molecule has 1 N–H and O–H groups in total. The Morgan fingerprint density at radius 3 is 3.05 bits per heavy atom. The minimum absolute atomic E-state index is 0.00782. The van der Waals surface area contributed by atoms with E-state index in [1.807, 2.05) is 16.8 Å². The number of anilines is 1. The van der Waals surface area contributed by atoms with Crippen molar-refractivity contribution in [2.75, 3.05) is 5.32 Å². The molecular formula is C15H13FN4S. The highest BCUT2D eigenvalue weighted by molar-refractivity contribution is 7.10. The van der Waals surface area contributed by atoms with Crippen LogP contribution in [-0.2, 0) is 0 Å². The average molecular weight is 300 g/mol. The number of nitrogens with one attached hydrogen (secondary N) is 1. The van der Waals surface area contributed by atoms with Gasteiger partial charge in [0.2, 0.25) is 5.95 Å². The average Bonchev–Trinajstić information content (AvgIpc) is 3.17. The fourth-order valence-corrected chi connectivity index (χ4v) is 3.58. The molecule has 4 nitrogen and oxygen atoms in total. The van der Waals surface area contributed by atoms with E-state index in [4.69, 9.17) is 0 Å². The van der Waals surface area contributed by atoms with E-state index in [1.54, 1.807) is 23.5 Å². The van der Waals surface area contributed by atoms with E-state index in [0.29, 0.717) is 0 Å². The van der Waals surface area contributed by atoms with Crippen molar-refractivity contribution in [3.63, 3.8) is 0 Å². The van der Waals surface area contributed by atoms with E-state index in [9.17, 15) is 4.39 Å². The van der Waals surface area contributed by atoms with Crippen molar-refractivity contribution in [3.8, 4) is 0 Å². The Morgan fingerprint density at radius 1 is 1.29 bits per heavy atom. The van der Waals surface area contributed by atoms with Gasteiger partial charge in [0.05, 0.1) is 12.1 Å². The SMILES string of the molecule is Fc1cccc([C@@H]2C[C@H](c3cccs3)Nc3ncnn32)c1. The summed E-state index contributed by atoms with van der Waals surface area (Å²) in [5.74, 6) is 0.509. The molecule has 0 saturated carbocycles. The van der Waals surface area contributed by atoms with Gasteiger partial charge in [-0.15, -0.1) is 11.3 Å². The molecule has 0 fully saturated rings. The molecule has 1 aliphatic rings. The maximum absolute atomic E-state index is 13.5. The van der Waals surface area contributed by atoms with Crippen LogP contribution in [-0.4, -0.2) is 14.8 Å². The number of aromatic nitrogens is 3. The van der Waals surface area contributed by atoms with Gasteiger partial charge in [-0.25, -0.2) is 9.07 Å². The zero-order chi connectivity index (χ0) is 14.2. The summed E-state index contributed by atoms with van der Waals surface area (Å²) in [5.41, 5.74) is 0.921. The molecule has 0 amide bonds. The van der Waals surface area contributed by atoms with Crippen molar-refractivity contribution in [2.45, 2.75) is 18.5 Å². The zero-order valence-electron chi connectivity index (χ0n) is 11.1. The predicted molar refractivity (Wildman–Crippen MR) is 79.9 cm³/mol. The first kappa shape index (κ1) is 12.5. The number of thiophene rings is 1. The van der Waals surface area contributed by atoms with Crippen LogP contribution in [0.1, 0.15) is 28.9 Å². The maximum atomic E-state index is 13.5. The quantitative estimate of drug-likeness (QED) is 0.786. The molecule has 2 aromatic heterocycles. The molecule has 3 heterocycles. The molecular weight excluding hydrogens is 287 g/mol. The zero-order valence-corrected chi connectivity index (χ0v) is 11.9. The Labute approximate surface area is 125 Å². The Hall–Kier alpha value is -2.21. The number of rotatable bonds is 2. The fourth-order valence-electron chi connectivity index (χ4n) is 2.79. The lowest BCUT2D eigenvalue weighted by Crippen LogP contribution is -2.27. The van der Waals surface area contributed by atoms with Crippen molar-refractivity contribution in [2.24, 2.45) is 0 Å². The molecule has 0 unspecified atom stereocenters. The highest BCUT2D eigenvalue weighted by atomic mass is 32.1. The maximum Gasteiger partial charge on any atom is 0.222 e. The van der Waals surface area contributed by atoms with Crippen LogP contribution in [0.25, 0.3) is 0 Å². The minimum atomic E-state index is -0.222. The standard InChI is InChI=1S/C15H13FN4S/c16-11-4-1-3-10(7-11)13-8-12(14-5-2-6-21-14)19-15-17-9-18-20(13)15/h1-7,9,12-13H,8H2,(H,17,18,19)/t12-,13+/m1/s1. The van der Waals surface area contributed by atoms with Crippen LogP contribution in [0.15, 0.2) is 48.1 Å². The molecule has 21 heavy (non-hydrogen) atoms. The third kappa shape index (κ3) is 2.21. The second kappa shape index (κ2) is 4.96. The topological polar surface area (TPSA) is 42.7 Å². The van der Waals surface area contributed by atoms with E-state index in [1.165, 1.54) is 17.3 Å². The van der Waals surface area contributed by atoms with Crippen LogP contribution in [0.5, 0.6) is 0 Å². The van der Waals surface area contributed by atoms with Crippen LogP contribution in [0.3, 0.4) is 0 Å². The van der Waals surface area contributed by atoms with E-state index in [-0.39, 0.29) is 17.9 Å². The minimum Gasteiger partial charge on any atom is -0.347 e. The number of nitrogens with zero attached hydrogens (tertiary/aromatic N) is 3. The summed E-state index contributed by atoms with van der Waals surface area (Å²) in [5, 5.41) is 9.75. The molecule has 1 aromatic carbocycles. The first-order chi connectivity index (χ1) is 10.3. The van der Waals surface area contributed by atoms with Crippen molar-refractivity contribution in [1.82, 2.24) is 14.8 Å². The van der Waals surface area contributed by atoms with Gasteiger partial charge in [-0.3, -0.25) is 0 Å². The third-order valence-corrected chi connectivity index (χ3v) is 4.74. The van der Waals surface area contributed by atoms with E-state index < -0.39 is 0 Å². The van der Waals surface area contributed by atoms with Crippen LogP contribution in [0, 0.1) is 5.82 Å². The van der Waals surface area contributed by atoms with Crippen LogP contribution < -0.4 is 5.32 Å². The van der Waals surface area contributed by atoms with E-state index >= 15 is 0 Å². The summed E-state index contributed by atoms with van der Waals surface area (Å²) in [6.45, 7) is 0. The second-order valence-electron chi connectivity index (χ2n) is 5.05. The lowest BCUT2D eigenvalue weighted by molar-refractivity contribution is 0.431. The van der Waals surface area contributed by atoms with Crippen LogP contribution in [0.4, 0.5) is 10.3 Å². The molecule has 0 saturated heterocycles. The van der Waals surface area contributed by atoms with Gasteiger partial charge in [0.15, 0.2) is 0 Å². The molecule has 1 aliphatic heterocycles. The molecule has 0 spiro atoms. The van der Waals surface area contributed by atoms with Crippen molar-refractivity contribution < 1.29 is 4.39 Å². The summed E-state index contributed by atoms with van der Waals surface area (Å²) in [6.07, 6.45) is 2.35. The molecule has 3 aromatic rings. The van der Waals surface area contributed by atoms with Crippen LogP contribution >= 0.6 is 11.3 Å². The van der Waals surface area contributed by atoms with Crippen LogP contribution in [0.2, 0.25) is 0 Å². The van der Waals surface area contributed by atoms with Crippen molar-refractivity contribution in [3.05, 3.63) is 64.4 Å². The van der Waals surface area contributed by atoms with E-state index in [2.05, 4.69) is 26.8 Å². The second-order valence-corrected chi connectivity index (χ2v) is 6.03. The molecule has 2 atom stereocenters. The van der Waals surface area contributed by atoms with Gasteiger partial charge in [-0.05, 0) is 35.6 Å². The number of hydrogen-bond donors (Lipinski definition) is 1. The van der Waals surface area contributed by atoms with Gasteiger partial charge in [0.25, 0.3) is 0 Å². The molecule has 0 aliphatic carbocycles. The number of benzene rings is 1. The summed E-state index contributed by atoms with van der Waals surface area (Å²) < 4.78 is 15.4. The summed E-state index contributed by atoms with van der Waals surface area (Å²) in [6, 6.07) is 11.0. The highest BCUT2D eigenvalue weighted by Crippen LogP contribution is 2.38. The number of hydrogen-bond acceptors (Lipinski definition) is 4. The molecule has 6 heteroatoms. The number of fused-ring (bicyclic) bond motifs is 1. The summed E-state index contributed by atoms with van der Waals surface area (Å²) >= 11 is 1.71. The van der Waals surface area contributed by atoms with E-state index in [0.717, 1.165) is 17.9 Å². The largest absolute Gasteiger partial charge is 0.347 e. The number of halogens is 1. The predicted octanol–water partition coefficient (Wildman–Crippen LogP) is 3.63. The summed E-state index contributed by atoms with van der Waals surface area (Å²) in [7, 11) is 0. The lowest BCUT2D eigenvalue weighted by Gasteiger charge is -2.31. The Morgan fingerprint density at radius 2 is 2.24 bits per heavy atom. The summed E-state index contributed by atoms with van der Waals surface area (Å²) in [4.78, 5) is 5.52. The Kier molecular flexibility index (Phi) is 2.96. The van der Waals surface area contributed by atoms with Crippen molar-refractivity contribution in [1.29, 1.82) is 0 Å². The van der Waals surface area contributed by atoms with Gasteiger partial charge in [0, 0.05) is 4.88 Å². The monoisotopic (exact) mass is 300 g/mol. The van der Waals surface area contributed by atoms with Gasteiger partial charge < -0.3 is 5.32 Å². The molecule has 106 valence electrons. The fraction of sp³-hybridized carbons (Fsp3) is 0.200. The van der Waals surface area contributed by atoms with Gasteiger partial charge >= 0.3 is 0 Å². The molecule has 4 rings (SSSR count). The van der Waals surface area contributed by atoms with Crippen molar-refractivity contribution >= 4 is 17.3 Å². The Bertz CT molecular complexity index is 753. The molecule has 0 bridgehead atoms. The smallest absolute Gasteiger partial charge is 0.222 e. The first-order valence-corrected chi connectivity index (χ1v) is 7.64. The normalized spacial score (nSPS) is 20.8. The molecule has 0 radical (unpaired) electrons. The highest BCUT2D eigenvalue weighted by Gasteiger charge is 2.30. The first-order valence-electron chi connectivity index (χ1n) is 6.76. The van der Waals surface area contributed by atoms with Gasteiger partial charge in [-0.2, -0.15) is 10.1 Å². The third-order valence-electron chi connectivity index (χ3n) is 3.75. The lowest BCUT2D eigenvalue weighted by atomic mass is 9.97. The Balaban J connectivity index is 1.76.